The molecule has 3 heteroatoms. The number of hydrogen-bond donors (Lipinski definition) is 0. The number of halogens is 3. The molecule has 0 nitrogen and oxygen atoms in total. The molecule has 56 valence electrons. The first-order valence-electron chi connectivity index (χ1n) is 3.32. The summed E-state index contributed by atoms with van der Waals surface area (Å²) in [7, 11) is 0. The topological polar surface area (TPSA) is 0 Å². The van der Waals surface area contributed by atoms with Crippen LogP contribution in [-0.4, -0.2) is 9.41 Å². The van der Waals surface area contributed by atoms with Crippen molar-refractivity contribution >= 4 is 31.9 Å². The maximum Gasteiger partial charge on any atom is 0.119 e. The average molecular weight is 270 g/mol. The lowest BCUT2D eigenvalue weighted by Gasteiger charge is -2.04. The van der Waals surface area contributed by atoms with Crippen LogP contribution in [0.3, 0.4) is 0 Å². The van der Waals surface area contributed by atoms with Crippen LogP contribution < -0.4 is 0 Å². The molecule has 0 aromatic heterocycles. The Morgan fingerprint density at radius 3 is 2.60 bits per heavy atom. The van der Waals surface area contributed by atoms with E-state index in [2.05, 4.69) is 31.9 Å². The Morgan fingerprint density at radius 2 is 2.10 bits per heavy atom. The fourth-order valence-electron chi connectivity index (χ4n) is 1.54. The van der Waals surface area contributed by atoms with Gasteiger partial charge in [0.1, 0.15) is 6.17 Å². The number of alkyl halides is 3. The third kappa shape index (κ3) is 0.900. The van der Waals surface area contributed by atoms with E-state index >= 15 is 0 Å². The molecule has 0 amide bonds. The first kappa shape index (κ1) is 7.29. The molecule has 0 radical (unpaired) electrons. The fraction of sp³-hybridized carbons (Fsp3) is 0.714. The molecule has 0 saturated heterocycles. The Bertz CT molecular complexity index is 188. The third-order valence-electron chi connectivity index (χ3n) is 2.27. The molecule has 0 aromatic carbocycles. The summed E-state index contributed by atoms with van der Waals surface area (Å²) in [4.78, 5) is 0. The summed E-state index contributed by atoms with van der Waals surface area (Å²) in [6.45, 7) is 0. The van der Waals surface area contributed by atoms with E-state index in [0.717, 1.165) is 0 Å². The van der Waals surface area contributed by atoms with E-state index < -0.39 is 6.17 Å². The number of fused-ring (bicyclic) bond motifs is 1. The van der Waals surface area contributed by atoms with Gasteiger partial charge in [-0.25, -0.2) is 4.39 Å². The molecule has 2 aliphatic carbocycles. The molecule has 10 heavy (non-hydrogen) atoms. The third-order valence-corrected chi connectivity index (χ3v) is 4.50. The highest BCUT2D eigenvalue weighted by Crippen LogP contribution is 2.65. The van der Waals surface area contributed by atoms with Gasteiger partial charge in [0.25, 0.3) is 0 Å². The molecule has 0 spiro atoms. The minimum atomic E-state index is -0.724. The minimum Gasteiger partial charge on any atom is -0.243 e. The van der Waals surface area contributed by atoms with Crippen molar-refractivity contribution in [2.24, 2.45) is 11.8 Å². The first-order chi connectivity index (χ1) is 4.62. The molecule has 2 aliphatic rings. The molecule has 0 bridgehead atoms. The summed E-state index contributed by atoms with van der Waals surface area (Å²) in [5.41, 5.74) is 0. The summed E-state index contributed by atoms with van der Waals surface area (Å²) in [5.74, 6) is 0.979. The zero-order valence-electron chi connectivity index (χ0n) is 5.23. The van der Waals surface area contributed by atoms with Gasteiger partial charge >= 0.3 is 0 Å². The second-order valence-electron chi connectivity index (χ2n) is 2.94. The van der Waals surface area contributed by atoms with Crippen LogP contribution in [0.2, 0.25) is 0 Å². The standard InChI is InChI=1S/C7H7Br2F/c8-7(9)5-2-1-4(10)3-6(5)7/h1-2,4-6H,3H2. The summed E-state index contributed by atoms with van der Waals surface area (Å²) >= 11 is 7.01. The summed E-state index contributed by atoms with van der Waals surface area (Å²) in [6.07, 6.45) is 3.56. The zero-order valence-corrected chi connectivity index (χ0v) is 8.40. The van der Waals surface area contributed by atoms with Gasteiger partial charge in [0, 0.05) is 5.92 Å². The van der Waals surface area contributed by atoms with Gasteiger partial charge in [0.2, 0.25) is 0 Å². The van der Waals surface area contributed by atoms with E-state index in [-0.39, 0.29) is 3.23 Å². The van der Waals surface area contributed by atoms with Crippen molar-refractivity contribution in [1.29, 1.82) is 0 Å². The largest absolute Gasteiger partial charge is 0.243 e. The molecule has 3 atom stereocenters. The van der Waals surface area contributed by atoms with Crippen LogP contribution in [-0.2, 0) is 0 Å². The predicted molar refractivity (Wildman–Crippen MR) is 46.2 cm³/mol. The van der Waals surface area contributed by atoms with Crippen LogP contribution in [0, 0.1) is 11.8 Å². The summed E-state index contributed by atoms with van der Waals surface area (Å²) < 4.78 is 12.7. The molecular weight excluding hydrogens is 263 g/mol. The van der Waals surface area contributed by atoms with Crippen LogP contribution in [0.4, 0.5) is 4.39 Å². The molecule has 1 saturated carbocycles. The van der Waals surface area contributed by atoms with Gasteiger partial charge in [0.15, 0.2) is 0 Å². The lowest BCUT2D eigenvalue weighted by atomic mass is 10.1. The van der Waals surface area contributed by atoms with E-state index in [1.54, 1.807) is 6.08 Å². The monoisotopic (exact) mass is 268 g/mol. The van der Waals surface area contributed by atoms with Crippen LogP contribution in [0.25, 0.3) is 0 Å². The molecule has 0 aromatic rings. The van der Waals surface area contributed by atoms with E-state index in [1.807, 2.05) is 6.08 Å². The number of hydrogen-bond acceptors (Lipinski definition) is 0. The molecule has 0 heterocycles. The normalized spacial score (nSPS) is 48.5. The highest BCUT2D eigenvalue weighted by molar-refractivity contribution is 9.25. The van der Waals surface area contributed by atoms with Crippen molar-refractivity contribution < 1.29 is 4.39 Å². The van der Waals surface area contributed by atoms with Gasteiger partial charge in [-0.15, -0.1) is 0 Å². The van der Waals surface area contributed by atoms with E-state index in [9.17, 15) is 4.39 Å². The summed E-state index contributed by atoms with van der Waals surface area (Å²) in [6, 6.07) is 0. The van der Waals surface area contributed by atoms with Crippen molar-refractivity contribution in [3.63, 3.8) is 0 Å². The maximum absolute atomic E-state index is 12.7. The van der Waals surface area contributed by atoms with Gasteiger partial charge < -0.3 is 0 Å². The Morgan fingerprint density at radius 1 is 1.40 bits per heavy atom. The van der Waals surface area contributed by atoms with Crippen LogP contribution in [0.1, 0.15) is 6.42 Å². The first-order valence-corrected chi connectivity index (χ1v) is 4.91. The van der Waals surface area contributed by atoms with Crippen molar-refractivity contribution in [2.45, 2.75) is 15.8 Å². The Labute approximate surface area is 76.1 Å². The highest BCUT2D eigenvalue weighted by Gasteiger charge is 2.61. The van der Waals surface area contributed by atoms with Crippen molar-refractivity contribution in [1.82, 2.24) is 0 Å². The lowest BCUT2D eigenvalue weighted by Crippen LogP contribution is -2.02. The Hall–Kier alpha value is 0.630. The van der Waals surface area contributed by atoms with Gasteiger partial charge in [-0.1, -0.05) is 44.0 Å². The number of allylic oxidation sites excluding steroid dienone is 2. The van der Waals surface area contributed by atoms with Gasteiger partial charge in [0.05, 0.1) is 3.23 Å². The van der Waals surface area contributed by atoms with Gasteiger partial charge in [-0.3, -0.25) is 0 Å². The minimum absolute atomic E-state index is 0.0251. The SMILES string of the molecule is FC1C=CC2C(C1)C2(Br)Br. The molecule has 3 unspecified atom stereocenters. The Balaban J connectivity index is 2.16. The number of rotatable bonds is 0. The molecular formula is C7H7Br2F. The van der Waals surface area contributed by atoms with Crippen LogP contribution in [0.15, 0.2) is 12.2 Å². The smallest absolute Gasteiger partial charge is 0.119 e. The Kier molecular flexibility index (Phi) is 1.51. The lowest BCUT2D eigenvalue weighted by molar-refractivity contribution is 0.350. The average Bonchev–Trinajstić information content (AvgIpc) is 2.36. The summed E-state index contributed by atoms with van der Waals surface area (Å²) in [5, 5.41) is 0. The second-order valence-corrected chi connectivity index (χ2v) is 6.63. The fourth-order valence-corrected chi connectivity index (χ4v) is 3.17. The van der Waals surface area contributed by atoms with E-state index in [1.165, 1.54) is 0 Å². The molecule has 0 aliphatic heterocycles. The van der Waals surface area contributed by atoms with E-state index in [0.29, 0.717) is 18.3 Å². The van der Waals surface area contributed by atoms with Crippen LogP contribution >= 0.6 is 31.9 Å². The van der Waals surface area contributed by atoms with Crippen molar-refractivity contribution in [3.05, 3.63) is 12.2 Å². The van der Waals surface area contributed by atoms with Gasteiger partial charge in [-0.05, 0) is 12.3 Å². The quantitative estimate of drug-likeness (QED) is 0.469. The van der Waals surface area contributed by atoms with Gasteiger partial charge in [-0.2, -0.15) is 0 Å². The van der Waals surface area contributed by atoms with Crippen molar-refractivity contribution in [3.8, 4) is 0 Å². The van der Waals surface area contributed by atoms with Crippen LogP contribution in [0.5, 0.6) is 0 Å². The zero-order chi connectivity index (χ0) is 7.35. The molecule has 0 N–H and O–H groups in total. The molecule has 1 fully saturated rings. The van der Waals surface area contributed by atoms with Crippen molar-refractivity contribution in [2.75, 3.05) is 0 Å². The maximum atomic E-state index is 12.7. The predicted octanol–water partition coefficient (Wildman–Crippen LogP) is 3.02. The van der Waals surface area contributed by atoms with E-state index in [4.69, 9.17) is 0 Å². The second kappa shape index (κ2) is 2.07. The highest BCUT2D eigenvalue weighted by atomic mass is 79.9. The molecule has 2 rings (SSSR count).